The number of likely N-dealkylation sites (N-methyl/N-ethyl adjacent to an activating group) is 1. The van der Waals surface area contributed by atoms with Gasteiger partial charge in [-0.25, -0.2) is 0 Å². The molecule has 0 aromatic rings. The van der Waals surface area contributed by atoms with Gasteiger partial charge < -0.3 is 10.6 Å². The Morgan fingerprint density at radius 1 is 1.40 bits per heavy atom. The summed E-state index contributed by atoms with van der Waals surface area (Å²) in [4.78, 5) is 22.4. The lowest BCUT2D eigenvalue weighted by Crippen LogP contribution is -2.45. The summed E-state index contributed by atoms with van der Waals surface area (Å²) in [5.41, 5.74) is 0. The fourth-order valence-corrected chi connectivity index (χ4v) is 1.20. The van der Waals surface area contributed by atoms with Gasteiger partial charge in [0.15, 0.2) is 0 Å². The van der Waals surface area contributed by atoms with Crippen LogP contribution in [0.2, 0.25) is 0 Å². The van der Waals surface area contributed by atoms with Gasteiger partial charge in [-0.2, -0.15) is 0 Å². The van der Waals surface area contributed by atoms with E-state index in [1.165, 1.54) is 12.8 Å². The Morgan fingerprint density at radius 3 is 2.60 bits per heavy atom. The van der Waals surface area contributed by atoms with Gasteiger partial charge in [-0.05, 0) is 25.7 Å². The van der Waals surface area contributed by atoms with Crippen LogP contribution in [0.25, 0.3) is 0 Å². The molecule has 1 saturated carbocycles. The van der Waals surface area contributed by atoms with E-state index in [1.807, 2.05) is 0 Å². The third kappa shape index (κ3) is 4.78. The minimum Gasteiger partial charge on any atom is -0.358 e. The highest BCUT2D eigenvalue weighted by Gasteiger charge is 2.21. The van der Waals surface area contributed by atoms with Crippen molar-refractivity contribution in [1.29, 1.82) is 0 Å². The summed E-state index contributed by atoms with van der Waals surface area (Å²) in [6, 6.07) is -0.332. The molecule has 2 amide bonds. The maximum Gasteiger partial charge on any atom is 0.236 e. The predicted molar refractivity (Wildman–Crippen MR) is 57.3 cm³/mol. The summed E-state index contributed by atoms with van der Waals surface area (Å²) < 4.78 is 0. The summed E-state index contributed by atoms with van der Waals surface area (Å²) in [5, 5.41) is 8.19. The molecule has 1 unspecified atom stereocenters. The van der Waals surface area contributed by atoms with Gasteiger partial charge in [0.05, 0.1) is 12.6 Å². The van der Waals surface area contributed by atoms with Gasteiger partial charge in [0.25, 0.3) is 0 Å². The van der Waals surface area contributed by atoms with Crippen molar-refractivity contribution >= 4 is 11.8 Å². The molecule has 1 rings (SSSR count). The Bertz CT molecular complexity index is 239. The fraction of sp³-hybridized carbons (Fsp3) is 0.800. The van der Waals surface area contributed by atoms with Crippen LogP contribution in [0.1, 0.15) is 19.8 Å². The van der Waals surface area contributed by atoms with Crippen LogP contribution in [0.15, 0.2) is 0 Å². The zero-order valence-electron chi connectivity index (χ0n) is 9.30. The van der Waals surface area contributed by atoms with Crippen molar-refractivity contribution in [2.45, 2.75) is 25.8 Å². The van der Waals surface area contributed by atoms with E-state index in [1.54, 1.807) is 14.0 Å². The standard InChI is InChI=1S/C10H19N3O2/c1-7(10(15)11-2)12-6-9(14)13-5-8-3-4-8/h7-8,12H,3-6H2,1-2H3,(H,11,15)(H,13,14). The number of rotatable bonds is 6. The monoisotopic (exact) mass is 213 g/mol. The molecule has 0 radical (unpaired) electrons. The third-order valence-corrected chi connectivity index (χ3v) is 2.49. The molecular weight excluding hydrogens is 194 g/mol. The molecule has 1 atom stereocenters. The minimum atomic E-state index is -0.332. The van der Waals surface area contributed by atoms with E-state index in [2.05, 4.69) is 16.0 Å². The number of hydrogen-bond donors (Lipinski definition) is 3. The average Bonchev–Trinajstić information content (AvgIpc) is 3.05. The second kappa shape index (κ2) is 5.70. The van der Waals surface area contributed by atoms with Crippen LogP contribution in [0.4, 0.5) is 0 Å². The summed E-state index contributed by atoms with van der Waals surface area (Å²) in [6.07, 6.45) is 2.45. The smallest absolute Gasteiger partial charge is 0.236 e. The lowest BCUT2D eigenvalue weighted by molar-refractivity contribution is -0.123. The van der Waals surface area contributed by atoms with Gasteiger partial charge in [-0.1, -0.05) is 0 Å². The zero-order chi connectivity index (χ0) is 11.3. The van der Waals surface area contributed by atoms with Gasteiger partial charge in [0.2, 0.25) is 11.8 Å². The first-order chi connectivity index (χ1) is 7.13. The molecule has 5 heteroatoms. The highest BCUT2D eigenvalue weighted by molar-refractivity contribution is 5.83. The molecule has 0 aromatic carbocycles. The first kappa shape index (κ1) is 12.0. The average molecular weight is 213 g/mol. The van der Waals surface area contributed by atoms with E-state index in [0.717, 1.165) is 6.54 Å². The molecule has 0 aliphatic heterocycles. The normalized spacial score (nSPS) is 16.9. The first-order valence-corrected chi connectivity index (χ1v) is 5.35. The van der Waals surface area contributed by atoms with E-state index >= 15 is 0 Å². The number of amides is 2. The molecule has 0 bridgehead atoms. The summed E-state index contributed by atoms with van der Waals surface area (Å²) in [7, 11) is 1.58. The number of carbonyl (C=O) groups is 2. The molecule has 86 valence electrons. The molecule has 1 aliphatic rings. The van der Waals surface area contributed by atoms with Crippen molar-refractivity contribution in [3.05, 3.63) is 0 Å². The largest absolute Gasteiger partial charge is 0.358 e. The number of nitrogens with one attached hydrogen (secondary N) is 3. The van der Waals surface area contributed by atoms with Crippen molar-refractivity contribution in [3.8, 4) is 0 Å². The van der Waals surface area contributed by atoms with Crippen LogP contribution in [0.3, 0.4) is 0 Å². The van der Waals surface area contributed by atoms with Crippen LogP contribution in [-0.2, 0) is 9.59 Å². The molecule has 1 aliphatic carbocycles. The quantitative estimate of drug-likeness (QED) is 0.543. The first-order valence-electron chi connectivity index (χ1n) is 5.35. The summed E-state index contributed by atoms with van der Waals surface area (Å²) >= 11 is 0. The van der Waals surface area contributed by atoms with E-state index in [4.69, 9.17) is 0 Å². The molecule has 3 N–H and O–H groups in total. The molecule has 0 spiro atoms. The molecule has 1 fully saturated rings. The Labute approximate surface area is 90.0 Å². The van der Waals surface area contributed by atoms with Crippen LogP contribution < -0.4 is 16.0 Å². The second-order valence-electron chi connectivity index (χ2n) is 3.96. The van der Waals surface area contributed by atoms with Gasteiger partial charge in [-0.3, -0.25) is 14.9 Å². The highest BCUT2D eigenvalue weighted by Crippen LogP contribution is 2.27. The maximum absolute atomic E-state index is 11.3. The van der Waals surface area contributed by atoms with Crippen LogP contribution in [-0.4, -0.2) is 38.0 Å². The number of hydrogen-bond acceptors (Lipinski definition) is 3. The topological polar surface area (TPSA) is 70.2 Å². The minimum absolute atomic E-state index is 0.0438. The Kier molecular flexibility index (Phi) is 4.55. The Balaban J connectivity index is 2.06. The second-order valence-corrected chi connectivity index (χ2v) is 3.96. The van der Waals surface area contributed by atoms with Crippen LogP contribution >= 0.6 is 0 Å². The summed E-state index contributed by atoms with van der Waals surface area (Å²) in [6.45, 7) is 2.70. The molecule has 5 nitrogen and oxygen atoms in total. The highest BCUT2D eigenvalue weighted by atomic mass is 16.2. The van der Waals surface area contributed by atoms with Crippen LogP contribution in [0, 0.1) is 5.92 Å². The maximum atomic E-state index is 11.3. The van der Waals surface area contributed by atoms with Gasteiger partial charge in [0.1, 0.15) is 0 Å². The third-order valence-electron chi connectivity index (χ3n) is 2.49. The molecule has 0 saturated heterocycles. The lowest BCUT2D eigenvalue weighted by atomic mass is 10.3. The van der Waals surface area contributed by atoms with Crippen molar-refractivity contribution in [3.63, 3.8) is 0 Å². The van der Waals surface area contributed by atoms with Crippen molar-refractivity contribution < 1.29 is 9.59 Å². The Morgan fingerprint density at radius 2 is 2.07 bits per heavy atom. The SMILES string of the molecule is CNC(=O)C(C)NCC(=O)NCC1CC1. The zero-order valence-corrected chi connectivity index (χ0v) is 9.30. The number of carbonyl (C=O) groups excluding carboxylic acids is 2. The van der Waals surface area contributed by atoms with Gasteiger partial charge in [-0.15, -0.1) is 0 Å². The molecule has 15 heavy (non-hydrogen) atoms. The van der Waals surface area contributed by atoms with Crippen LogP contribution in [0.5, 0.6) is 0 Å². The van der Waals surface area contributed by atoms with Gasteiger partial charge in [0, 0.05) is 13.6 Å². The lowest BCUT2D eigenvalue weighted by Gasteiger charge is -2.11. The van der Waals surface area contributed by atoms with E-state index in [0.29, 0.717) is 5.92 Å². The predicted octanol–water partition coefficient (Wildman–Crippen LogP) is -0.763. The van der Waals surface area contributed by atoms with E-state index in [9.17, 15) is 9.59 Å². The Hall–Kier alpha value is -1.10. The summed E-state index contributed by atoms with van der Waals surface area (Å²) in [5.74, 6) is 0.535. The molecule has 0 heterocycles. The van der Waals surface area contributed by atoms with E-state index in [-0.39, 0.29) is 24.4 Å². The van der Waals surface area contributed by atoms with Crippen molar-refractivity contribution in [2.24, 2.45) is 5.92 Å². The molecular formula is C10H19N3O2. The molecule has 0 aromatic heterocycles. The fourth-order valence-electron chi connectivity index (χ4n) is 1.20. The van der Waals surface area contributed by atoms with Crippen molar-refractivity contribution in [1.82, 2.24) is 16.0 Å². The van der Waals surface area contributed by atoms with Gasteiger partial charge >= 0.3 is 0 Å². The van der Waals surface area contributed by atoms with Crippen molar-refractivity contribution in [2.75, 3.05) is 20.1 Å². The van der Waals surface area contributed by atoms with E-state index < -0.39 is 0 Å².